The average molecular weight is 294 g/mol. The fraction of sp³-hybridized carbons (Fsp3) is 0.462. The van der Waals surface area contributed by atoms with Crippen molar-refractivity contribution in [1.29, 1.82) is 0 Å². The number of rotatable bonds is 7. The van der Waals surface area contributed by atoms with Crippen LogP contribution < -0.4 is 5.43 Å². The largest absolute Gasteiger partial charge is 0.301 e. The molecule has 0 aliphatic carbocycles. The molecule has 21 heavy (non-hydrogen) atoms. The quantitative estimate of drug-likeness (QED) is 0.468. The number of nitrogens with zero attached hydrogens (tertiary/aromatic N) is 3. The van der Waals surface area contributed by atoms with E-state index in [-0.39, 0.29) is 17.1 Å². The van der Waals surface area contributed by atoms with Crippen molar-refractivity contribution in [2.45, 2.75) is 33.6 Å². The van der Waals surface area contributed by atoms with Gasteiger partial charge in [0, 0.05) is 11.8 Å². The van der Waals surface area contributed by atoms with Gasteiger partial charge in [0.25, 0.3) is 5.69 Å². The zero-order valence-electron chi connectivity index (χ0n) is 12.2. The second kappa shape index (κ2) is 7.32. The molecule has 8 nitrogen and oxygen atoms in total. The molecule has 0 radical (unpaired) electrons. The number of nitro benzene ring substituents is 2. The first-order chi connectivity index (χ1) is 9.81. The van der Waals surface area contributed by atoms with Crippen LogP contribution in [0.3, 0.4) is 0 Å². The fourth-order valence-corrected chi connectivity index (χ4v) is 1.59. The summed E-state index contributed by atoms with van der Waals surface area (Å²) in [7, 11) is 0. The van der Waals surface area contributed by atoms with Gasteiger partial charge in [-0.15, -0.1) is 0 Å². The minimum absolute atomic E-state index is 0.134. The van der Waals surface area contributed by atoms with E-state index in [0.29, 0.717) is 5.92 Å². The molecule has 0 aliphatic heterocycles. The molecule has 0 heterocycles. The van der Waals surface area contributed by atoms with Crippen molar-refractivity contribution in [3.05, 3.63) is 38.4 Å². The molecule has 1 aromatic rings. The van der Waals surface area contributed by atoms with Crippen LogP contribution in [0, 0.1) is 26.1 Å². The lowest BCUT2D eigenvalue weighted by molar-refractivity contribution is -0.393. The lowest BCUT2D eigenvalue weighted by atomic mass is 10.1. The number of hydrogen-bond acceptors (Lipinski definition) is 6. The Balaban J connectivity index is 2.90. The molecule has 1 aromatic carbocycles. The van der Waals surface area contributed by atoms with Crippen LogP contribution in [0.25, 0.3) is 0 Å². The maximum absolute atomic E-state index is 11.0. The van der Waals surface area contributed by atoms with E-state index in [1.165, 1.54) is 12.1 Å². The maximum Gasteiger partial charge on any atom is 0.301 e. The molecule has 1 rings (SSSR count). The van der Waals surface area contributed by atoms with E-state index < -0.39 is 9.85 Å². The van der Waals surface area contributed by atoms with Crippen LogP contribution in [-0.4, -0.2) is 15.6 Å². The summed E-state index contributed by atoms with van der Waals surface area (Å²) in [5.41, 5.74) is 2.86. The Bertz CT molecular complexity index is 569. The summed E-state index contributed by atoms with van der Waals surface area (Å²) in [6, 6.07) is 3.41. The van der Waals surface area contributed by atoms with E-state index in [2.05, 4.69) is 24.4 Å². The van der Waals surface area contributed by atoms with E-state index in [1.54, 1.807) is 0 Å². The van der Waals surface area contributed by atoms with Crippen molar-refractivity contribution < 1.29 is 9.85 Å². The highest BCUT2D eigenvalue weighted by atomic mass is 16.6. The van der Waals surface area contributed by atoms with Gasteiger partial charge in [0.1, 0.15) is 5.69 Å². The molecule has 0 bridgehead atoms. The number of anilines is 1. The van der Waals surface area contributed by atoms with Gasteiger partial charge in [-0.1, -0.05) is 13.8 Å². The van der Waals surface area contributed by atoms with E-state index in [4.69, 9.17) is 0 Å². The Kier molecular flexibility index (Phi) is 5.77. The maximum atomic E-state index is 11.0. The number of nitro groups is 2. The zero-order valence-corrected chi connectivity index (χ0v) is 12.2. The summed E-state index contributed by atoms with van der Waals surface area (Å²) < 4.78 is 0. The van der Waals surface area contributed by atoms with Crippen LogP contribution in [0.2, 0.25) is 0 Å². The van der Waals surface area contributed by atoms with Crippen LogP contribution >= 0.6 is 0 Å². The highest BCUT2D eigenvalue weighted by molar-refractivity contribution is 5.83. The van der Waals surface area contributed by atoms with Gasteiger partial charge >= 0.3 is 5.69 Å². The molecular formula is C13H18N4O4. The number of non-ortho nitro benzene ring substituents is 1. The fourth-order valence-electron chi connectivity index (χ4n) is 1.59. The van der Waals surface area contributed by atoms with Crippen LogP contribution in [0.4, 0.5) is 17.1 Å². The third-order valence-corrected chi connectivity index (χ3v) is 2.84. The second-order valence-electron chi connectivity index (χ2n) is 5.11. The zero-order chi connectivity index (χ0) is 16.0. The Hall–Kier alpha value is -2.51. The van der Waals surface area contributed by atoms with Gasteiger partial charge in [-0.25, -0.2) is 0 Å². The first-order valence-corrected chi connectivity index (χ1v) is 6.53. The summed E-state index contributed by atoms with van der Waals surface area (Å²) in [6.45, 7) is 6.02. The SMILES string of the molecule is CC(CCC(C)C)=NNc1ccc([N+](=O)[O-])cc1[N+](=O)[O-]. The molecule has 0 amide bonds. The molecule has 0 spiro atoms. The molecule has 0 aromatic heterocycles. The minimum atomic E-state index is -0.673. The Morgan fingerprint density at radius 3 is 2.48 bits per heavy atom. The monoisotopic (exact) mass is 294 g/mol. The lowest BCUT2D eigenvalue weighted by Crippen LogP contribution is -2.02. The third kappa shape index (κ3) is 5.17. The number of hydrogen-bond donors (Lipinski definition) is 1. The molecule has 0 unspecified atom stereocenters. The van der Waals surface area contributed by atoms with Gasteiger partial charge in [0.2, 0.25) is 0 Å². The number of nitrogens with one attached hydrogen (secondary N) is 1. The first-order valence-electron chi connectivity index (χ1n) is 6.53. The molecule has 0 atom stereocenters. The van der Waals surface area contributed by atoms with E-state index >= 15 is 0 Å². The molecule has 0 saturated heterocycles. The van der Waals surface area contributed by atoms with Gasteiger partial charge < -0.3 is 0 Å². The molecule has 1 N–H and O–H groups in total. The summed E-state index contributed by atoms with van der Waals surface area (Å²) in [5.74, 6) is 0.545. The van der Waals surface area contributed by atoms with Crippen LogP contribution in [0.1, 0.15) is 33.6 Å². The van der Waals surface area contributed by atoms with Crippen LogP contribution in [-0.2, 0) is 0 Å². The van der Waals surface area contributed by atoms with Crippen molar-refractivity contribution in [3.8, 4) is 0 Å². The highest BCUT2D eigenvalue weighted by Gasteiger charge is 2.19. The van der Waals surface area contributed by atoms with Crippen molar-refractivity contribution in [2.75, 3.05) is 5.43 Å². The van der Waals surface area contributed by atoms with Gasteiger partial charge in [-0.3, -0.25) is 25.7 Å². The highest BCUT2D eigenvalue weighted by Crippen LogP contribution is 2.28. The van der Waals surface area contributed by atoms with Gasteiger partial charge in [0.05, 0.1) is 15.9 Å². The minimum Gasteiger partial charge on any atom is -0.272 e. The van der Waals surface area contributed by atoms with E-state index in [0.717, 1.165) is 24.6 Å². The predicted octanol–water partition coefficient (Wildman–Crippen LogP) is 3.73. The number of benzene rings is 1. The smallest absolute Gasteiger partial charge is 0.272 e. The van der Waals surface area contributed by atoms with Gasteiger partial charge in [0.15, 0.2) is 0 Å². The van der Waals surface area contributed by atoms with Crippen LogP contribution in [0.5, 0.6) is 0 Å². The Morgan fingerprint density at radius 1 is 1.29 bits per heavy atom. The first kappa shape index (κ1) is 16.5. The normalized spacial score (nSPS) is 11.5. The van der Waals surface area contributed by atoms with Gasteiger partial charge in [-0.2, -0.15) is 5.10 Å². The van der Waals surface area contributed by atoms with E-state index in [9.17, 15) is 20.2 Å². The summed E-state index contributed by atoms with van der Waals surface area (Å²) >= 11 is 0. The van der Waals surface area contributed by atoms with Crippen molar-refractivity contribution >= 4 is 22.8 Å². The topological polar surface area (TPSA) is 111 Å². The summed E-state index contributed by atoms with van der Waals surface area (Å²) in [5, 5.41) is 25.7. The second-order valence-corrected chi connectivity index (χ2v) is 5.11. The molecule has 8 heteroatoms. The standard InChI is InChI=1S/C13H18N4O4/c1-9(2)4-5-10(3)14-15-12-7-6-11(16(18)19)8-13(12)17(20)21/h6-9,15H,4-5H2,1-3H3. The predicted molar refractivity (Wildman–Crippen MR) is 80.6 cm³/mol. The summed E-state index contributed by atoms with van der Waals surface area (Å²) in [6.07, 6.45) is 1.75. The third-order valence-electron chi connectivity index (χ3n) is 2.84. The molecule has 0 fully saturated rings. The number of hydrazone groups is 1. The Morgan fingerprint density at radius 2 is 1.95 bits per heavy atom. The lowest BCUT2D eigenvalue weighted by Gasteiger charge is -2.06. The van der Waals surface area contributed by atoms with Crippen molar-refractivity contribution in [2.24, 2.45) is 11.0 Å². The molecule has 0 aliphatic rings. The molecule has 0 saturated carbocycles. The van der Waals surface area contributed by atoms with Gasteiger partial charge in [-0.05, 0) is 31.7 Å². The molecular weight excluding hydrogens is 276 g/mol. The van der Waals surface area contributed by atoms with Crippen molar-refractivity contribution in [1.82, 2.24) is 0 Å². The van der Waals surface area contributed by atoms with Crippen molar-refractivity contribution in [3.63, 3.8) is 0 Å². The summed E-state index contributed by atoms with van der Waals surface area (Å²) in [4.78, 5) is 20.2. The van der Waals surface area contributed by atoms with Crippen LogP contribution in [0.15, 0.2) is 23.3 Å². The molecule has 114 valence electrons. The van der Waals surface area contributed by atoms with E-state index in [1.807, 2.05) is 6.92 Å². The Labute approximate surface area is 122 Å². The average Bonchev–Trinajstić information content (AvgIpc) is 2.42.